The number of hydrogen-bond acceptors (Lipinski definition) is 7. The summed E-state index contributed by atoms with van der Waals surface area (Å²) >= 11 is 0. The Morgan fingerprint density at radius 1 is 1.31 bits per heavy atom. The smallest absolute Gasteiger partial charge is 0.351 e. The van der Waals surface area contributed by atoms with E-state index in [1.807, 2.05) is 0 Å². The van der Waals surface area contributed by atoms with Crippen molar-refractivity contribution in [3.63, 3.8) is 0 Å². The van der Waals surface area contributed by atoms with Gasteiger partial charge >= 0.3 is 11.7 Å². The van der Waals surface area contributed by atoms with Gasteiger partial charge in [0.15, 0.2) is 12.3 Å². The van der Waals surface area contributed by atoms with Gasteiger partial charge in [-0.15, -0.1) is 0 Å². The molecule has 2 aromatic rings. The molecule has 2 N–H and O–H groups in total. The predicted molar refractivity (Wildman–Crippen MR) is 89.4 cm³/mol. The third kappa shape index (κ3) is 3.79. The molecule has 9 nitrogen and oxygen atoms in total. The lowest BCUT2D eigenvalue weighted by Crippen LogP contribution is -2.38. The molecule has 1 saturated heterocycles. The quantitative estimate of drug-likeness (QED) is 0.754. The normalized spacial score (nSPS) is 22.0. The Kier molecular flexibility index (Phi) is 5.10. The Bertz CT molecular complexity index is 866. The number of esters is 1. The summed E-state index contributed by atoms with van der Waals surface area (Å²) in [6, 6.07) is 9.70. The molecule has 9 heteroatoms. The first-order valence-corrected chi connectivity index (χ1v) is 7.88. The van der Waals surface area contributed by atoms with Gasteiger partial charge in [0, 0.05) is 13.1 Å². The van der Waals surface area contributed by atoms with Crippen LogP contribution in [0.2, 0.25) is 0 Å². The summed E-state index contributed by atoms with van der Waals surface area (Å²) in [6.07, 6.45) is -1.83. The molecule has 1 amide bonds. The van der Waals surface area contributed by atoms with E-state index in [1.165, 1.54) is 19.2 Å². The second kappa shape index (κ2) is 7.46. The van der Waals surface area contributed by atoms with Crippen LogP contribution in [-0.2, 0) is 14.3 Å². The molecule has 1 aliphatic rings. The number of hydrogen-bond donors (Lipinski definition) is 2. The number of aliphatic hydroxyl groups is 1. The lowest BCUT2D eigenvalue weighted by molar-refractivity contribution is -0.114. The van der Waals surface area contributed by atoms with Crippen molar-refractivity contribution in [2.75, 3.05) is 11.9 Å². The summed E-state index contributed by atoms with van der Waals surface area (Å²) in [5, 5.41) is 12.5. The molecule has 136 valence electrons. The molecule has 26 heavy (non-hydrogen) atoms. The molecule has 0 radical (unpaired) electrons. The lowest BCUT2D eigenvalue weighted by Gasteiger charge is -2.22. The van der Waals surface area contributed by atoms with E-state index in [0.29, 0.717) is 5.56 Å². The summed E-state index contributed by atoms with van der Waals surface area (Å²) in [6.45, 7) is 1.19. The molecule has 2 heterocycles. The Morgan fingerprint density at radius 2 is 2.04 bits per heavy atom. The molecule has 0 aliphatic carbocycles. The van der Waals surface area contributed by atoms with E-state index in [0.717, 1.165) is 4.57 Å². The highest BCUT2D eigenvalue weighted by atomic mass is 16.6. The molecule has 3 atom stereocenters. The summed E-state index contributed by atoms with van der Waals surface area (Å²) in [4.78, 5) is 39.2. The molecule has 1 aliphatic heterocycles. The van der Waals surface area contributed by atoms with Gasteiger partial charge < -0.3 is 19.9 Å². The van der Waals surface area contributed by atoms with Crippen LogP contribution in [-0.4, -0.2) is 45.3 Å². The number of benzene rings is 1. The first-order chi connectivity index (χ1) is 12.5. The van der Waals surface area contributed by atoms with Crippen LogP contribution in [0.25, 0.3) is 0 Å². The van der Waals surface area contributed by atoms with E-state index in [-0.39, 0.29) is 18.3 Å². The topological polar surface area (TPSA) is 120 Å². The SMILES string of the molecule is CC(=O)Nc1ccn([C@@H]2OC[C@H](O)[C@H]2OC(=O)c2ccccc2)c(=O)n1. The number of ether oxygens (including phenoxy) is 2. The fourth-order valence-corrected chi connectivity index (χ4v) is 2.57. The summed E-state index contributed by atoms with van der Waals surface area (Å²) in [5.41, 5.74) is -0.395. The van der Waals surface area contributed by atoms with Crippen molar-refractivity contribution in [2.45, 2.75) is 25.4 Å². The third-order valence-electron chi connectivity index (χ3n) is 3.76. The second-order valence-corrected chi connectivity index (χ2v) is 5.71. The van der Waals surface area contributed by atoms with E-state index in [1.54, 1.807) is 30.3 Å². The number of aliphatic hydroxyl groups excluding tert-OH is 1. The van der Waals surface area contributed by atoms with Crippen LogP contribution in [0.1, 0.15) is 23.5 Å². The summed E-state index contributed by atoms with van der Waals surface area (Å²) < 4.78 is 11.9. The van der Waals surface area contributed by atoms with Gasteiger partial charge in [-0.3, -0.25) is 9.36 Å². The van der Waals surface area contributed by atoms with Gasteiger partial charge in [-0.1, -0.05) is 18.2 Å². The monoisotopic (exact) mass is 359 g/mol. The maximum absolute atomic E-state index is 12.2. The molecular formula is C17H17N3O6. The van der Waals surface area contributed by atoms with E-state index >= 15 is 0 Å². The van der Waals surface area contributed by atoms with E-state index < -0.39 is 30.1 Å². The zero-order chi connectivity index (χ0) is 18.7. The molecular weight excluding hydrogens is 342 g/mol. The summed E-state index contributed by atoms with van der Waals surface area (Å²) in [5.74, 6) is -0.909. The van der Waals surface area contributed by atoms with Crippen molar-refractivity contribution in [1.29, 1.82) is 0 Å². The highest BCUT2D eigenvalue weighted by molar-refractivity contribution is 5.89. The minimum absolute atomic E-state index is 0.0927. The fourth-order valence-electron chi connectivity index (χ4n) is 2.57. The van der Waals surface area contributed by atoms with Gasteiger partial charge in [0.05, 0.1) is 12.2 Å². The highest BCUT2D eigenvalue weighted by Crippen LogP contribution is 2.27. The van der Waals surface area contributed by atoms with Gasteiger partial charge in [-0.2, -0.15) is 4.98 Å². The number of amides is 1. The lowest BCUT2D eigenvalue weighted by atomic mass is 10.2. The van der Waals surface area contributed by atoms with Crippen LogP contribution >= 0.6 is 0 Å². The molecule has 0 unspecified atom stereocenters. The van der Waals surface area contributed by atoms with Gasteiger partial charge in [-0.25, -0.2) is 9.59 Å². The standard InChI is InChI=1S/C17H17N3O6/c1-10(21)18-13-7-8-20(17(24)19-13)15-14(12(22)9-25-15)26-16(23)11-5-3-2-4-6-11/h2-8,12,14-15,22H,9H2,1H3,(H,18,19,21,24)/t12-,14+,15+/m0/s1. The van der Waals surface area contributed by atoms with E-state index in [9.17, 15) is 19.5 Å². The largest absolute Gasteiger partial charge is 0.451 e. The number of rotatable bonds is 4. The molecule has 3 rings (SSSR count). The Morgan fingerprint density at radius 3 is 2.69 bits per heavy atom. The van der Waals surface area contributed by atoms with E-state index in [4.69, 9.17) is 9.47 Å². The molecule has 1 aromatic carbocycles. The number of carbonyl (C=O) groups is 2. The predicted octanol–water partition coefficient (Wildman–Crippen LogP) is 0.317. The van der Waals surface area contributed by atoms with Crippen molar-refractivity contribution in [3.8, 4) is 0 Å². The number of anilines is 1. The average molecular weight is 359 g/mol. The van der Waals surface area contributed by atoms with Crippen LogP contribution in [0, 0.1) is 0 Å². The van der Waals surface area contributed by atoms with Crippen LogP contribution < -0.4 is 11.0 Å². The van der Waals surface area contributed by atoms with Gasteiger partial charge in [0.2, 0.25) is 5.91 Å². The third-order valence-corrected chi connectivity index (χ3v) is 3.76. The van der Waals surface area contributed by atoms with E-state index in [2.05, 4.69) is 10.3 Å². The zero-order valence-corrected chi connectivity index (χ0v) is 13.9. The minimum atomic E-state index is -1.09. The number of aromatic nitrogens is 2. The Balaban J connectivity index is 1.81. The van der Waals surface area contributed by atoms with Crippen molar-refractivity contribution < 1.29 is 24.2 Å². The van der Waals surface area contributed by atoms with Crippen molar-refractivity contribution in [3.05, 3.63) is 58.6 Å². The van der Waals surface area contributed by atoms with Gasteiger partial charge in [0.1, 0.15) is 11.9 Å². The van der Waals surface area contributed by atoms with Crippen molar-refractivity contribution in [2.24, 2.45) is 0 Å². The number of nitrogens with zero attached hydrogens (tertiary/aromatic N) is 2. The fraction of sp³-hybridized carbons (Fsp3) is 0.294. The maximum Gasteiger partial charge on any atom is 0.351 e. The number of nitrogens with one attached hydrogen (secondary N) is 1. The first kappa shape index (κ1) is 17.8. The highest BCUT2D eigenvalue weighted by Gasteiger charge is 2.41. The Hall–Kier alpha value is -3.04. The van der Waals surface area contributed by atoms with Gasteiger partial charge in [0.25, 0.3) is 0 Å². The zero-order valence-electron chi connectivity index (χ0n) is 13.9. The number of carbonyl (C=O) groups excluding carboxylic acids is 2. The van der Waals surface area contributed by atoms with Crippen molar-refractivity contribution >= 4 is 17.7 Å². The first-order valence-electron chi connectivity index (χ1n) is 7.88. The molecule has 0 saturated carbocycles. The molecule has 0 spiro atoms. The van der Waals surface area contributed by atoms with Gasteiger partial charge in [-0.05, 0) is 18.2 Å². The van der Waals surface area contributed by atoms with Crippen molar-refractivity contribution in [1.82, 2.24) is 9.55 Å². The van der Waals surface area contributed by atoms with Crippen LogP contribution in [0.3, 0.4) is 0 Å². The summed E-state index contributed by atoms with van der Waals surface area (Å²) in [7, 11) is 0. The minimum Gasteiger partial charge on any atom is -0.451 e. The average Bonchev–Trinajstić information content (AvgIpc) is 2.96. The second-order valence-electron chi connectivity index (χ2n) is 5.71. The Labute approximate surface area is 148 Å². The van der Waals surface area contributed by atoms with Crippen LogP contribution in [0.5, 0.6) is 0 Å². The van der Waals surface area contributed by atoms with Crippen LogP contribution in [0.4, 0.5) is 5.82 Å². The molecule has 1 fully saturated rings. The van der Waals surface area contributed by atoms with Crippen LogP contribution in [0.15, 0.2) is 47.4 Å². The molecule has 1 aromatic heterocycles. The maximum atomic E-state index is 12.2. The molecule has 0 bridgehead atoms.